The molecule has 1 unspecified atom stereocenters. The second-order valence-corrected chi connectivity index (χ2v) is 5.73. The van der Waals surface area contributed by atoms with Crippen LogP contribution in [0.2, 0.25) is 0 Å². The maximum absolute atomic E-state index is 13.8. The van der Waals surface area contributed by atoms with Gasteiger partial charge in [0.05, 0.1) is 11.3 Å². The zero-order valence-corrected chi connectivity index (χ0v) is 12.6. The van der Waals surface area contributed by atoms with Crippen LogP contribution in [0.3, 0.4) is 0 Å². The molecule has 0 saturated carbocycles. The minimum absolute atomic E-state index is 0.0576. The summed E-state index contributed by atoms with van der Waals surface area (Å²) in [7, 11) is 1.81. The number of likely N-dealkylation sites (tertiary alicyclic amines) is 1. The lowest BCUT2D eigenvalue weighted by molar-refractivity contribution is 0.0699. The first-order valence-corrected chi connectivity index (χ1v) is 7.39. The molecule has 1 aliphatic heterocycles. The minimum atomic E-state index is -1.62. The molecular formula is C16H16F3N3O. The van der Waals surface area contributed by atoms with E-state index in [4.69, 9.17) is 0 Å². The van der Waals surface area contributed by atoms with Crippen molar-refractivity contribution < 1.29 is 18.0 Å². The number of rotatable bonds is 2. The van der Waals surface area contributed by atoms with Crippen molar-refractivity contribution in [3.63, 3.8) is 0 Å². The van der Waals surface area contributed by atoms with Gasteiger partial charge in [0, 0.05) is 32.3 Å². The molecule has 1 fully saturated rings. The molecule has 0 N–H and O–H groups in total. The van der Waals surface area contributed by atoms with Crippen LogP contribution in [0.1, 0.15) is 34.8 Å². The number of hydrogen-bond donors (Lipinski definition) is 0. The van der Waals surface area contributed by atoms with Crippen LogP contribution in [0, 0.1) is 17.5 Å². The molecule has 1 saturated heterocycles. The summed E-state index contributed by atoms with van der Waals surface area (Å²) in [6.45, 7) is 0.842. The van der Waals surface area contributed by atoms with Gasteiger partial charge in [-0.2, -0.15) is 5.10 Å². The Hall–Kier alpha value is -2.31. The van der Waals surface area contributed by atoms with Crippen molar-refractivity contribution in [2.45, 2.75) is 18.8 Å². The smallest absolute Gasteiger partial charge is 0.256 e. The number of nitrogens with zero attached hydrogens (tertiary/aromatic N) is 3. The van der Waals surface area contributed by atoms with Crippen LogP contribution in [-0.4, -0.2) is 33.7 Å². The zero-order valence-electron chi connectivity index (χ0n) is 12.6. The van der Waals surface area contributed by atoms with E-state index in [-0.39, 0.29) is 5.92 Å². The molecule has 7 heteroatoms. The molecule has 4 nitrogen and oxygen atoms in total. The van der Waals surface area contributed by atoms with Crippen LogP contribution < -0.4 is 0 Å². The fourth-order valence-electron chi connectivity index (χ4n) is 2.92. The summed E-state index contributed by atoms with van der Waals surface area (Å²) in [4.78, 5) is 13.9. The second-order valence-electron chi connectivity index (χ2n) is 5.73. The minimum Gasteiger partial charge on any atom is -0.338 e. The summed E-state index contributed by atoms with van der Waals surface area (Å²) in [6.07, 6.45) is 3.45. The largest absolute Gasteiger partial charge is 0.338 e. The standard InChI is InChI=1S/C16H16F3N3O/c1-21-8-6-13(20-21)10-3-2-7-22(9-10)16(23)11-4-5-12(17)15(19)14(11)18/h4-6,8,10H,2-3,7,9H2,1H3. The average molecular weight is 323 g/mol. The lowest BCUT2D eigenvalue weighted by atomic mass is 9.94. The molecule has 122 valence electrons. The molecule has 1 aromatic carbocycles. The topological polar surface area (TPSA) is 38.1 Å². The van der Waals surface area contributed by atoms with Gasteiger partial charge in [0.15, 0.2) is 17.5 Å². The van der Waals surface area contributed by atoms with Crippen molar-refractivity contribution in [3.05, 3.63) is 53.1 Å². The lowest BCUT2D eigenvalue weighted by Gasteiger charge is -2.32. The summed E-state index contributed by atoms with van der Waals surface area (Å²) in [6, 6.07) is 3.64. The predicted molar refractivity (Wildman–Crippen MR) is 77.4 cm³/mol. The highest BCUT2D eigenvalue weighted by molar-refractivity contribution is 5.94. The number of benzene rings is 1. The van der Waals surface area contributed by atoms with Crippen LogP contribution in [0.25, 0.3) is 0 Å². The molecular weight excluding hydrogens is 307 g/mol. The lowest BCUT2D eigenvalue weighted by Crippen LogP contribution is -2.39. The van der Waals surface area contributed by atoms with Crippen molar-refractivity contribution in [3.8, 4) is 0 Å². The quantitative estimate of drug-likeness (QED) is 0.797. The molecule has 1 aromatic heterocycles. The predicted octanol–water partition coefficient (Wildman–Crippen LogP) is 2.86. The highest BCUT2D eigenvalue weighted by Gasteiger charge is 2.29. The van der Waals surface area contributed by atoms with E-state index in [9.17, 15) is 18.0 Å². The van der Waals surface area contributed by atoms with Crippen LogP contribution >= 0.6 is 0 Å². The van der Waals surface area contributed by atoms with Crippen LogP contribution in [0.15, 0.2) is 24.4 Å². The van der Waals surface area contributed by atoms with Gasteiger partial charge in [0.2, 0.25) is 0 Å². The molecule has 1 aliphatic rings. The maximum Gasteiger partial charge on any atom is 0.256 e. The summed E-state index contributed by atoms with van der Waals surface area (Å²) >= 11 is 0. The molecule has 0 radical (unpaired) electrons. The van der Waals surface area contributed by atoms with E-state index < -0.39 is 28.9 Å². The van der Waals surface area contributed by atoms with E-state index in [1.807, 2.05) is 19.3 Å². The number of carbonyl (C=O) groups is 1. The first kappa shape index (κ1) is 15.6. The Bertz CT molecular complexity index is 744. The van der Waals surface area contributed by atoms with E-state index in [0.717, 1.165) is 30.7 Å². The van der Waals surface area contributed by atoms with Crippen LogP contribution in [0.4, 0.5) is 13.2 Å². The van der Waals surface area contributed by atoms with Gasteiger partial charge in [-0.3, -0.25) is 9.48 Å². The molecule has 3 rings (SSSR count). The SMILES string of the molecule is Cn1ccc(C2CCCN(C(=O)c3ccc(F)c(F)c3F)C2)n1. The molecule has 0 spiro atoms. The van der Waals surface area contributed by atoms with E-state index in [0.29, 0.717) is 13.1 Å². The van der Waals surface area contributed by atoms with Crippen LogP contribution in [0.5, 0.6) is 0 Å². The molecule has 1 atom stereocenters. The molecule has 0 aliphatic carbocycles. The van der Waals surface area contributed by atoms with Gasteiger partial charge in [-0.25, -0.2) is 13.2 Å². The molecule has 2 aromatic rings. The van der Waals surface area contributed by atoms with Gasteiger partial charge < -0.3 is 4.90 Å². The van der Waals surface area contributed by atoms with Gasteiger partial charge in [-0.15, -0.1) is 0 Å². The van der Waals surface area contributed by atoms with Gasteiger partial charge in [0.25, 0.3) is 5.91 Å². The third-order valence-corrected chi connectivity index (χ3v) is 4.13. The fourth-order valence-corrected chi connectivity index (χ4v) is 2.92. The summed E-state index contributed by atoms with van der Waals surface area (Å²) < 4.78 is 41.8. The van der Waals surface area contributed by atoms with E-state index in [2.05, 4.69) is 5.10 Å². The summed E-state index contributed by atoms with van der Waals surface area (Å²) in [5, 5.41) is 4.34. The Labute approximate surface area is 131 Å². The Morgan fingerprint density at radius 2 is 2.00 bits per heavy atom. The van der Waals surface area contributed by atoms with Crippen molar-refractivity contribution in [2.75, 3.05) is 13.1 Å². The van der Waals surface area contributed by atoms with Crippen molar-refractivity contribution in [1.29, 1.82) is 0 Å². The summed E-state index contributed by atoms with van der Waals surface area (Å²) in [5.41, 5.74) is 0.432. The van der Waals surface area contributed by atoms with Gasteiger partial charge in [-0.1, -0.05) is 0 Å². The highest BCUT2D eigenvalue weighted by atomic mass is 19.2. The highest BCUT2D eigenvalue weighted by Crippen LogP contribution is 2.27. The Morgan fingerprint density at radius 3 is 2.70 bits per heavy atom. The van der Waals surface area contributed by atoms with E-state index >= 15 is 0 Å². The van der Waals surface area contributed by atoms with Crippen LogP contribution in [-0.2, 0) is 7.05 Å². The molecule has 0 bridgehead atoms. The number of aromatic nitrogens is 2. The Balaban J connectivity index is 1.81. The number of amides is 1. The number of aryl methyl sites for hydroxylation is 1. The van der Waals surface area contributed by atoms with Gasteiger partial charge in [-0.05, 0) is 31.0 Å². The van der Waals surface area contributed by atoms with E-state index in [1.165, 1.54) is 4.90 Å². The molecule has 2 heterocycles. The van der Waals surface area contributed by atoms with Crippen molar-refractivity contribution in [1.82, 2.24) is 14.7 Å². The zero-order chi connectivity index (χ0) is 16.6. The molecule has 1 amide bonds. The monoisotopic (exact) mass is 323 g/mol. The van der Waals surface area contributed by atoms with E-state index in [1.54, 1.807) is 4.68 Å². The number of halogens is 3. The van der Waals surface area contributed by atoms with Crippen molar-refractivity contribution in [2.24, 2.45) is 7.05 Å². The third kappa shape index (κ3) is 2.95. The Morgan fingerprint density at radius 1 is 1.22 bits per heavy atom. The maximum atomic E-state index is 13.8. The molecule has 23 heavy (non-hydrogen) atoms. The van der Waals surface area contributed by atoms with Gasteiger partial charge >= 0.3 is 0 Å². The Kier molecular flexibility index (Phi) is 4.11. The second kappa shape index (κ2) is 6.06. The third-order valence-electron chi connectivity index (χ3n) is 4.13. The number of piperidine rings is 1. The number of hydrogen-bond acceptors (Lipinski definition) is 2. The fraction of sp³-hybridized carbons (Fsp3) is 0.375. The average Bonchev–Trinajstić information content (AvgIpc) is 2.99. The summed E-state index contributed by atoms with van der Waals surface area (Å²) in [5.74, 6) is -4.92. The first-order valence-electron chi connectivity index (χ1n) is 7.39. The van der Waals surface area contributed by atoms with Crippen molar-refractivity contribution >= 4 is 5.91 Å². The first-order chi connectivity index (χ1) is 11.0. The normalized spacial score (nSPS) is 18.3. The van der Waals surface area contributed by atoms with Gasteiger partial charge in [0.1, 0.15) is 0 Å². The number of carbonyl (C=O) groups excluding carboxylic acids is 1.